The number of oxazole rings is 1. The van der Waals surface area contributed by atoms with Crippen molar-refractivity contribution in [2.24, 2.45) is 0 Å². The zero-order valence-electron chi connectivity index (χ0n) is 8.92. The third kappa shape index (κ3) is 2.06. The van der Waals surface area contributed by atoms with E-state index >= 15 is 0 Å². The molecule has 4 heteroatoms. The van der Waals surface area contributed by atoms with Gasteiger partial charge >= 0.3 is 0 Å². The number of hydrogen-bond acceptors (Lipinski definition) is 4. The van der Waals surface area contributed by atoms with Crippen molar-refractivity contribution in [3.05, 3.63) is 36.2 Å². The van der Waals surface area contributed by atoms with E-state index in [1.807, 2.05) is 6.92 Å². The summed E-state index contributed by atoms with van der Waals surface area (Å²) in [4.78, 5) is 4.27. The summed E-state index contributed by atoms with van der Waals surface area (Å²) in [7, 11) is 0. The summed E-state index contributed by atoms with van der Waals surface area (Å²) in [6.07, 6.45) is 1.54. The lowest BCUT2D eigenvalue weighted by atomic mass is 10.1. The normalized spacial score (nSPS) is 12.6. The first-order valence-electron chi connectivity index (χ1n) is 5.06. The molecular weight excluding hydrogens is 206 g/mol. The molecule has 0 fully saturated rings. The summed E-state index contributed by atoms with van der Waals surface area (Å²) in [6, 6.07) is 6.62. The molecule has 16 heavy (non-hydrogen) atoms. The average molecular weight is 219 g/mol. The first kappa shape index (κ1) is 10.7. The predicted octanol–water partition coefficient (Wildman–Crippen LogP) is 2.14. The van der Waals surface area contributed by atoms with Gasteiger partial charge in [-0.3, -0.25) is 0 Å². The van der Waals surface area contributed by atoms with E-state index < -0.39 is 0 Å². The lowest BCUT2D eigenvalue weighted by molar-refractivity contribution is 0.271. The molecule has 1 unspecified atom stereocenters. The fourth-order valence-electron chi connectivity index (χ4n) is 1.34. The Morgan fingerprint density at radius 1 is 1.31 bits per heavy atom. The molecule has 0 spiro atoms. The van der Waals surface area contributed by atoms with Crippen LogP contribution in [-0.2, 0) is 0 Å². The van der Waals surface area contributed by atoms with Gasteiger partial charge in [0.2, 0.25) is 5.89 Å². The summed E-state index contributed by atoms with van der Waals surface area (Å²) in [5, 5.41) is 18.1. The fourth-order valence-corrected chi connectivity index (χ4v) is 1.34. The molecular formula is C12H13NO3. The van der Waals surface area contributed by atoms with Gasteiger partial charge in [-0.05, 0) is 24.3 Å². The second-order valence-corrected chi connectivity index (χ2v) is 3.71. The Morgan fingerprint density at radius 2 is 2.00 bits per heavy atom. The van der Waals surface area contributed by atoms with Gasteiger partial charge in [0.15, 0.2) is 0 Å². The second kappa shape index (κ2) is 4.37. The van der Waals surface area contributed by atoms with Crippen LogP contribution in [0.25, 0.3) is 11.5 Å². The molecule has 4 nitrogen and oxygen atoms in total. The van der Waals surface area contributed by atoms with Gasteiger partial charge < -0.3 is 14.6 Å². The highest BCUT2D eigenvalue weighted by molar-refractivity contribution is 5.54. The van der Waals surface area contributed by atoms with Crippen molar-refractivity contribution in [2.75, 3.05) is 6.61 Å². The van der Waals surface area contributed by atoms with Crippen molar-refractivity contribution in [2.45, 2.75) is 12.8 Å². The van der Waals surface area contributed by atoms with Crippen LogP contribution >= 0.6 is 0 Å². The average Bonchev–Trinajstić information content (AvgIpc) is 2.78. The number of aromatic hydroxyl groups is 1. The minimum atomic E-state index is -0.0328. The van der Waals surface area contributed by atoms with Gasteiger partial charge in [-0.25, -0.2) is 4.98 Å². The van der Waals surface area contributed by atoms with Crippen LogP contribution in [-0.4, -0.2) is 21.8 Å². The molecule has 0 radical (unpaired) electrons. The Bertz CT molecular complexity index is 461. The summed E-state index contributed by atoms with van der Waals surface area (Å²) in [5.41, 5.74) is 1.53. The van der Waals surface area contributed by atoms with Crippen LogP contribution in [0.15, 0.2) is 34.9 Å². The molecule has 0 aliphatic heterocycles. The number of aliphatic hydroxyl groups excluding tert-OH is 1. The van der Waals surface area contributed by atoms with Crippen molar-refractivity contribution in [3.63, 3.8) is 0 Å². The lowest BCUT2D eigenvalue weighted by Gasteiger charge is -2.00. The molecule has 1 aromatic carbocycles. The smallest absolute Gasteiger partial charge is 0.226 e. The van der Waals surface area contributed by atoms with Gasteiger partial charge in [0.05, 0.1) is 12.3 Å². The molecule has 0 saturated carbocycles. The monoisotopic (exact) mass is 219 g/mol. The summed E-state index contributed by atoms with van der Waals surface area (Å²) < 4.78 is 5.31. The Kier molecular flexibility index (Phi) is 2.92. The molecule has 2 aromatic rings. The molecule has 1 aromatic heterocycles. The van der Waals surface area contributed by atoms with Crippen LogP contribution in [0.5, 0.6) is 5.75 Å². The highest BCUT2D eigenvalue weighted by Gasteiger charge is 2.11. The zero-order chi connectivity index (χ0) is 11.5. The maximum atomic E-state index is 9.15. The second-order valence-electron chi connectivity index (χ2n) is 3.71. The standard InChI is InChI=1S/C12H13NO3/c1-8(6-14)11-7-16-12(13-11)9-2-4-10(15)5-3-9/h2-5,7-8,14-15H,6H2,1H3. The van der Waals surface area contributed by atoms with Gasteiger partial charge in [0.1, 0.15) is 12.0 Å². The molecule has 84 valence electrons. The van der Waals surface area contributed by atoms with Gasteiger partial charge in [-0.15, -0.1) is 0 Å². The van der Waals surface area contributed by atoms with Crippen molar-refractivity contribution < 1.29 is 14.6 Å². The maximum absolute atomic E-state index is 9.15. The molecule has 2 rings (SSSR count). The molecule has 0 saturated heterocycles. The van der Waals surface area contributed by atoms with Gasteiger partial charge in [0.25, 0.3) is 0 Å². The highest BCUT2D eigenvalue weighted by atomic mass is 16.3. The largest absolute Gasteiger partial charge is 0.508 e. The number of phenols is 1. The van der Waals surface area contributed by atoms with E-state index in [0.29, 0.717) is 5.89 Å². The van der Waals surface area contributed by atoms with Crippen LogP contribution < -0.4 is 0 Å². The third-order valence-electron chi connectivity index (χ3n) is 2.41. The first-order chi connectivity index (χ1) is 7.70. The number of benzene rings is 1. The van der Waals surface area contributed by atoms with Crippen LogP contribution in [0.2, 0.25) is 0 Å². The molecule has 1 atom stereocenters. The van der Waals surface area contributed by atoms with E-state index in [-0.39, 0.29) is 18.3 Å². The molecule has 1 heterocycles. The van der Waals surface area contributed by atoms with Crippen molar-refractivity contribution in [3.8, 4) is 17.2 Å². The Balaban J connectivity index is 2.28. The summed E-state index contributed by atoms with van der Waals surface area (Å²) >= 11 is 0. The van der Waals surface area contributed by atoms with E-state index in [4.69, 9.17) is 14.6 Å². The number of aliphatic hydroxyl groups is 1. The van der Waals surface area contributed by atoms with Crippen LogP contribution in [0.1, 0.15) is 18.5 Å². The van der Waals surface area contributed by atoms with E-state index in [2.05, 4.69) is 4.98 Å². The van der Waals surface area contributed by atoms with Crippen molar-refractivity contribution in [1.82, 2.24) is 4.98 Å². The van der Waals surface area contributed by atoms with E-state index in [9.17, 15) is 0 Å². The van der Waals surface area contributed by atoms with Crippen LogP contribution in [0, 0.1) is 0 Å². The predicted molar refractivity (Wildman–Crippen MR) is 59.1 cm³/mol. The van der Waals surface area contributed by atoms with Crippen LogP contribution in [0.3, 0.4) is 0 Å². The van der Waals surface area contributed by atoms with E-state index in [1.165, 1.54) is 0 Å². The Morgan fingerprint density at radius 3 is 2.62 bits per heavy atom. The Labute approximate surface area is 93.2 Å². The molecule has 0 bridgehead atoms. The summed E-state index contributed by atoms with van der Waals surface area (Å²) in [6.45, 7) is 1.92. The summed E-state index contributed by atoms with van der Waals surface area (Å²) in [5.74, 6) is 0.671. The number of aromatic nitrogens is 1. The SMILES string of the molecule is CC(CO)c1coc(-c2ccc(O)cc2)n1. The third-order valence-corrected chi connectivity index (χ3v) is 2.41. The minimum Gasteiger partial charge on any atom is -0.508 e. The first-order valence-corrected chi connectivity index (χ1v) is 5.06. The number of phenolic OH excluding ortho intramolecular Hbond substituents is 1. The van der Waals surface area contributed by atoms with Gasteiger partial charge in [-0.1, -0.05) is 6.92 Å². The highest BCUT2D eigenvalue weighted by Crippen LogP contribution is 2.23. The maximum Gasteiger partial charge on any atom is 0.226 e. The molecule has 2 N–H and O–H groups in total. The van der Waals surface area contributed by atoms with Crippen LogP contribution in [0.4, 0.5) is 0 Å². The number of hydrogen-bond donors (Lipinski definition) is 2. The molecule has 0 aliphatic carbocycles. The van der Waals surface area contributed by atoms with Gasteiger partial charge in [0, 0.05) is 11.5 Å². The number of rotatable bonds is 3. The lowest BCUT2D eigenvalue weighted by Crippen LogP contribution is -1.98. The topological polar surface area (TPSA) is 66.5 Å². The van der Waals surface area contributed by atoms with Gasteiger partial charge in [-0.2, -0.15) is 0 Å². The van der Waals surface area contributed by atoms with E-state index in [1.54, 1.807) is 30.5 Å². The Hall–Kier alpha value is -1.81. The minimum absolute atomic E-state index is 0.0328. The van der Waals surface area contributed by atoms with Crippen molar-refractivity contribution >= 4 is 0 Å². The van der Waals surface area contributed by atoms with E-state index in [0.717, 1.165) is 11.3 Å². The molecule has 0 amide bonds. The quantitative estimate of drug-likeness (QED) is 0.830. The fraction of sp³-hybridized carbons (Fsp3) is 0.250. The molecule has 0 aliphatic rings. The number of nitrogens with zero attached hydrogens (tertiary/aromatic N) is 1. The zero-order valence-corrected chi connectivity index (χ0v) is 8.92. The van der Waals surface area contributed by atoms with Crippen molar-refractivity contribution in [1.29, 1.82) is 0 Å².